The summed E-state index contributed by atoms with van der Waals surface area (Å²) in [7, 11) is 0. The van der Waals surface area contributed by atoms with E-state index >= 15 is 0 Å². The highest BCUT2D eigenvalue weighted by Gasteiger charge is 2.30. The number of rotatable bonds is 5. The predicted octanol–water partition coefficient (Wildman–Crippen LogP) is 2.66. The summed E-state index contributed by atoms with van der Waals surface area (Å²) < 4.78 is 0. The van der Waals surface area contributed by atoms with Crippen molar-refractivity contribution in [1.82, 2.24) is 5.32 Å². The van der Waals surface area contributed by atoms with Crippen LogP contribution in [0.1, 0.15) is 39.0 Å². The summed E-state index contributed by atoms with van der Waals surface area (Å²) >= 11 is 5.59. The average molecular weight is 232 g/mol. The predicted molar refractivity (Wildman–Crippen MR) is 65.1 cm³/mol. The molecule has 0 aromatic carbocycles. The zero-order valence-corrected chi connectivity index (χ0v) is 10.3. The minimum Gasteiger partial charge on any atom is -0.396 e. The van der Waals surface area contributed by atoms with Crippen LogP contribution >= 0.6 is 11.6 Å². The van der Waals surface area contributed by atoms with Gasteiger partial charge in [-0.3, -0.25) is 0 Å². The normalized spacial score (nSPS) is 21.7. The van der Waals surface area contributed by atoms with Crippen molar-refractivity contribution in [2.24, 2.45) is 5.41 Å². The van der Waals surface area contributed by atoms with Gasteiger partial charge in [-0.2, -0.15) is 0 Å². The van der Waals surface area contributed by atoms with Crippen LogP contribution in [0.25, 0.3) is 0 Å². The first-order chi connectivity index (χ1) is 7.22. The van der Waals surface area contributed by atoms with Gasteiger partial charge < -0.3 is 10.4 Å². The Bertz CT molecular complexity index is 210. The molecule has 0 saturated heterocycles. The van der Waals surface area contributed by atoms with E-state index in [-0.39, 0.29) is 5.41 Å². The number of nitrogens with one attached hydrogen (secondary N) is 1. The highest BCUT2D eigenvalue weighted by Crippen LogP contribution is 2.35. The molecule has 0 aromatic rings. The van der Waals surface area contributed by atoms with Crippen LogP contribution in [0.3, 0.4) is 0 Å². The number of halogens is 1. The Morgan fingerprint density at radius 2 is 2.07 bits per heavy atom. The van der Waals surface area contributed by atoms with Gasteiger partial charge >= 0.3 is 0 Å². The molecule has 1 aliphatic rings. The lowest BCUT2D eigenvalue weighted by Crippen LogP contribution is -2.39. The number of aliphatic hydroxyl groups is 1. The van der Waals surface area contributed by atoms with E-state index in [0.29, 0.717) is 6.61 Å². The third-order valence-corrected chi connectivity index (χ3v) is 3.71. The van der Waals surface area contributed by atoms with E-state index in [1.165, 1.54) is 19.3 Å². The Kier molecular flexibility index (Phi) is 5.65. The maximum absolute atomic E-state index is 9.48. The fourth-order valence-electron chi connectivity index (χ4n) is 2.26. The summed E-state index contributed by atoms with van der Waals surface area (Å²) in [4.78, 5) is 0. The van der Waals surface area contributed by atoms with Crippen LogP contribution in [0.15, 0.2) is 11.1 Å². The summed E-state index contributed by atoms with van der Waals surface area (Å²) in [5.74, 6) is 0. The first-order valence-corrected chi connectivity index (χ1v) is 6.23. The molecule has 1 fully saturated rings. The summed E-state index contributed by atoms with van der Waals surface area (Å²) in [6.07, 6.45) is 6.14. The molecule has 0 unspecified atom stereocenters. The first-order valence-electron chi connectivity index (χ1n) is 5.80. The standard InChI is InChI=1S/C12H22ClNO/c1-11(7-13)8-14-9-12(10-15)5-3-2-4-6-12/h7,14-15H,2-6,8-10H2,1H3. The van der Waals surface area contributed by atoms with Gasteiger partial charge in [0.1, 0.15) is 0 Å². The Morgan fingerprint density at radius 3 is 2.60 bits per heavy atom. The van der Waals surface area contributed by atoms with E-state index in [9.17, 15) is 5.11 Å². The Labute approximate surface area is 97.7 Å². The monoisotopic (exact) mass is 231 g/mol. The molecule has 2 N–H and O–H groups in total. The summed E-state index contributed by atoms with van der Waals surface area (Å²) in [5, 5.41) is 12.9. The second-order valence-electron chi connectivity index (χ2n) is 4.78. The van der Waals surface area contributed by atoms with Crippen LogP contribution in [0, 0.1) is 5.41 Å². The lowest BCUT2D eigenvalue weighted by Gasteiger charge is -2.35. The zero-order valence-electron chi connectivity index (χ0n) is 9.56. The summed E-state index contributed by atoms with van der Waals surface area (Å²) in [6, 6.07) is 0. The van der Waals surface area contributed by atoms with E-state index in [1.807, 2.05) is 6.92 Å². The van der Waals surface area contributed by atoms with Crippen molar-refractivity contribution in [1.29, 1.82) is 0 Å². The van der Waals surface area contributed by atoms with Crippen LogP contribution < -0.4 is 5.32 Å². The fourth-order valence-corrected chi connectivity index (χ4v) is 2.33. The van der Waals surface area contributed by atoms with Crippen molar-refractivity contribution < 1.29 is 5.11 Å². The van der Waals surface area contributed by atoms with Gasteiger partial charge in [0.2, 0.25) is 0 Å². The number of hydrogen-bond donors (Lipinski definition) is 2. The maximum atomic E-state index is 9.48. The van der Waals surface area contributed by atoms with Gasteiger partial charge in [-0.1, -0.05) is 30.9 Å². The SMILES string of the molecule is CC(=CCl)CNCC1(CO)CCCCC1. The minimum absolute atomic E-state index is 0.130. The van der Waals surface area contributed by atoms with E-state index in [4.69, 9.17) is 11.6 Å². The van der Waals surface area contributed by atoms with Crippen LogP contribution in [-0.2, 0) is 0 Å². The number of hydrogen-bond acceptors (Lipinski definition) is 2. The Balaban J connectivity index is 2.32. The minimum atomic E-state index is 0.130. The molecule has 0 bridgehead atoms. The third kappa shape index (κ3) is 4.13. The molecule has 0 spiro atoms. The topological polar surface area (TPSA) is 32.3 Å². The molecule has 0 amide bonds. The van der Waals surface area contributed by atoms with Gasteiger partial charge in [0.05, 0.1) is 0 Å². The van der Waals surface area contributed by atoms with Gasteiger partial charge in [-0.25, -0.2) is 0 Å². The molecule has 1 rings (SSSR count). The average Bonchev–Trinajstić information content (AvgIpc) is 2.30. The molecule has 1 saturated carbocycles. The van der Waals surface area contributed by atoms with E-state index in [1.54, 1.807) is 5.54 Å². The highest BCUT2D eigenvalue weighted by molar-refractivity contribution is 6.25. The largest absolute Gasteiger partial charge is 0.396 e. The van der Waals surface area contributed by atoms with Crippen molar-refractivity contribution in [2.45, 2.75) is 39.0 Å². The Morgan fingerprint density at radius 1 is 1.40 bits per heavy atom. The fraction of sp³-hybridized carbons (Fsp3) is 0.833. The summed E-state index contributed by atoms with van der Waals surface area (Å²) in [6.45, 7) is 4.05. The second-order valence-corrected chi connectivity index (χ2v) is 5.00. The molecule has 0 aliphatic heterocycles. The lowest BCUT2D eigenvalue weighted by atomic mass is 9.74. The van der Waals surface area contributed by atoms with Gasteiger partial charge in [-0.15, -0.1) is 0 Å². The Hall–Kier alpha value is -0.0500. The van der Waals surface area contributed by atoms with Crippen LogP contribution in [0.5, 0.6) is 0 Å². The molecular weight excluding hydrogens is 210 g/mol. The van der Waals surface area contributed by atoms with E-state index in [0.717, 1.165) is 31.5 Å². The van der Waals surface area contributed by atoms with Crippen LogP contribution in [-0.4, -0.2) is 24.8 Å². The number of aliphatic hydroxyl groups excluding tert-OH is 1. The molecule has 15 heavy (non-hydrogen) atoms. The van der Waals surface area contributed by atoms with Crippen molar-refractivity contribution in [3.63, 3.8) is 0 Å². The van der Waals surface area contributed by atoms with Crippen molar-refractivity contribution in [3.05, 3.63) is 11.1 Å². The van der Waals surface area contributed by atoms with Crippen molar-refractivity contribution in [2.75, 3.05) is 19.7 Å². The van der Waals surface area contributed by atoms with Gasteiger partial charge in [0.25, 0.3) is 0 Å². The third-order valence-electron chi connectivity index (χ3n) is 3.34. The molecule has 0 atom stereocenters. The summed E-state index contributed by atoms with van der Waals surface area (Å²) in [5.41, 5.74) is 2.88. The maximum Gasteiger partial charge on any atom is 0.0499 e. The van der Waals surface area contributed by atoms with Gasteiger partial charge in [0, 0.05) is 30.6 Å². The van der Waals surface area contributed by atoms with E-state index in [2.05, 4.69) is 5.32 Å². The second kappa shape index (κ2) is 6.51. The molecular formula is C12H22ClNO. The smallest absolute Gasteiger partial charge is 0.0499 e. The molecule has 0 radical (unpaired) electrons. The molecule has 3 heteroatoms. The highest BCUT2D eigenvalue weighted by atomic mass is 35.5. The molecule has 1 aliphatic carbocycles. The molecule has 0 aromatic heterocycles. The lowest BCUT2D eigenvalue weighted by molar-refractivity contribution is 0.0822. The molecule has 0 heterocycles. The van der Waals surface area contributed by atoms with Crippen LogP contribution in [0.2, 0.25) is 0 Å². The van der Waals surface area contributed by atoms with Gasteiger partial charge in [0.15, 0.2) is 0 Å². The molecule has 2 nitrogen and oxygen atoms in total. The van der Waals surface area contributed by atoms with Crippen molar-refractivity contribution >= 4 is 11.6 Å². The first kappa shape index (κ1) is 13.0. The van der Waals surface area contributed by atoms with E-state index < -0.39 is 0 Å². The van der Waals surface area contributed by atoms with Crippen molar-refractivity contribution in [3.8, 4) is 0 Å². The molecule has 88 valence electrons. The van der Waals surface area contributed by atoms with Crippen LogP contribution in [0.4, 0.5) is 0 Å². The van der Waals surface area contributed by atoms with Gasteiger partial charge in [-0.05, 0) is 25.3 Å². The quantitative estimate of drug-likeness (QED) is 0.763. The zero-order chi connectivity index (χ0) is 11.1.